The fourth-order valence-electron chi connectivity index (χ4n) is 2.65. The van der Waals surface area contributed by atoms with Crippen LogP contribution in [0.3, 0.4) is 0 Å². The number of ether oxygens (including phenoxy) is 1. The fraction of sp³-hybridized carbons (Fsp3) is 0.174. The van der Waals surface area contributed by atoms with Crippen molar-refractivity contribution in [2.24, 2.45) is 0 Å². The highest BCUT2D eigenvalue weighted by molar-refractivity contribution is 5.75. The molecular formula is C23H23NO2. The van der Waals surface area contributed by atoms with E-state index in [-0.39, 0.29) is 12.0 Å². The van der Waals surface area contributed by atoms with Gasteiger partial charge in [-0.25, -0.2) is 0 Å². The highest BCUT2D eigenvalue weighted by Gasteiger charge is 2.13. The number of carbonyl (C=O) groups excluding carboxylic acids is 1. The molecule has 0 aromatic heterocycles. The Hall–Kier alpha value is -2.91. The molecule has 3 heteroatoms. The summed E-state index contributed by atoms with van der Waals surface area (Å²) in [5.74, 6) is -0.241. The molecule has 0 bridgehead atoms. The zero-order valence-electron chi connectivity index (χ0n) is 14.9. The smallest absolute Gasteiger partial charge is 0.323 e. The van der Waals surface area contributed by atoms with E-state index in [1.807, 2.05) is 55.5 Å². The Bertz CT molecular complexity index is 814. The normalized spacial score (nSPS) is 11.7. The van der Waals surface area contributed by atoms with E-state index >= 15 is 0 Å². The van der Waals surface area contributed by atoms with Crippen LogP contribution >= 0.6 is 0 Å². The molecular weight excluding hydrogens is 322 g/mol. The minimum absolute atomic E-state index is 0.241. The van der Waals surface area contributed by atoms with E-state index in [0.717, 1.165) is 11.1 Å². The molecule has 3 aromatic rings. The SMILES string of the molecule is CC(NCc1ccc(-c2ccccc2)cc1)C(=O)OCc1ccccc1. The third-order valence-electron chi connectivity index (χ3n) is 4.25. The molecule has 1 N–H and O–H groups in total. The summed E-state index contributed by atoms with van der Waals surface area (Å²) in [5, 5.41) is 3.22. The second kappa shape index (κ2) is 8.97. The Kier molecular flexibility index (Phi) is 6.18. The third-order valence-corrected chi connectivity index (χ3v) is 4.25. The van der Waals surface area contributed by atoms with Gasteiger partial charge >= 0.3 is 5.97 Å². The van der Waals surface area contributed by atoms with Crippen LogP contribution in [0, 0.1) is 0 Å². The summed E-state index contributed by atoms with van der Waals surface area (Å²) in [4.78, 5) is 12.1. The van der Waals surface area contributed by atoms with Crippen molar-refractivity contribution in [1.82, 2.24) is 5.32 Å². The maximum absolute atomic E-state index is 12.1. The first-order valence-corrected chi connectivity index (χ1v) is 8.81. The first-order chi connectivity index (χ1) is 12.7. The number of benzene rings is 3. The topological polar surface area (TPSA) is 38.3 Å². The summed E-state index contributed by atoms with van der Waals surface area (Å²) in [6.45, 7) is 2.75. The summed E-state index contributed by atoms with van der Waals surface area (Å²) in [6, 6.07) is 28.0. The maximum atomic E-state index is 12.1. The van der Waals surface area contributed by atoms with Crippen LogP contribution < -0.4 is 5.32 Å². The zero-order chi connectivity index (χ0) is 18.2. The Morgan fingerprint density at radius 2 is 1.38 bits per heavy atom. The van der Waals surface area contributed by atoms with Crippen molar-refractivity contribution < 1.29 is 9.53 Å². The molecule has 3 aromatic carbocycles. The van der Waals surface area contributed by atoms with Crippen molar-refractivity contribution in [3.05, 3.63) is 96.1 Å². The van der Waals surface area contributed by atoms with Gasteiger partial charge < -0.3 is 10.1 Å². The lowest BCUT2D eigenvalue weighted by Gasteiger charge is -2.14. The zero-order valence-corrected chi connectivity index (χ0v) is 14.9. The van der Waals surface area contributed by atoms with E-state index in [9.17, 15) is 4.79 Å². The summed E-state index contributed by atoms with van der Waals surface area (Å²) >= 11 is 0. The molecule has 3 nitrogen and oxygen atoms in total. The number of carbonyl (C=O) groups is 1. The maximum Gasteiger partial charge on any atom is 0.323 e. The van der Waals surface area contributed by atoms with Crippen LogP contribution in [0.4, 0.5) is 0 Å². The van der Waals surface area contributed by atoms with E-state index in [4.69, 9.17) is 4.74 Å². The van der Waals surface area contributed by atoms with Gasteiger partial charge in [0.25, 0.3) is 0 Å². The van der Waals surface area contributed by atoms with Crippen molar-refractivity contribution in [2.75, 3.05) is 0 Å². The summed E-state index contributed by atoms with van der Waals surface area (Å²) in [6.07, 6.45) is 0. The molecule has 0 aliphatic heterocycles. The molecule has 1 atom stereocenters. The molecule has 0 amide bonds. The number of esters is 1. The minimum Gasteiger partial charge on any atom is -0.460 e. The van der Waals surface area contributed by atoms with E-state index in [2.05, 4.69) is 41.7 Å². The van der Waals surface area contributed by atoms with Gasteiger partial charge in [0.2, 0.25) is 0 Å². The van der Waals surface area contributed by atoms with E-state index in [1.165, 1.54) is 11.1 Å². The van der Waals surface area contributed by atoms with Crippen molar-refractivity contribution in [1.29, 1.82) is 0 Å². The van der Waals surface area contributed by atoms with Gasteiger partial charge in [-0.15, -0.1) is 0 Å². The number of hydrogen-bond acceptors (Lipinski definition) is 3. The second-order valence-corrected chi connectivity index (χ2v) is 6.26. The standard InChI is InChI=1S/C23H23NO2/c1-18(23(25)26-17-20-8-4-2-5-9-20)24-16-19-12-14-22(15-13-19)21-10-6-3-7-11-21/h2-15,18,24H,16-17H2,1H3. The van der Waals surface area contributed by atoms with Crippen LogP contribution in [0.5, 0.6) is 0 Å². The average molecular weight is 345 g/mol. The molecule has 0 aliphatic rings. The molecule has 3 rings (SSSR count). The Labute approximate surface area is 154 Å². The largest absolute Gasteiger partial charge is 0.460 e. The molecule has 0 saturated carbocycles. The highest BCUT2D eigenvalue weighted by atomic mass is 16.5. The van der Waals surface area contributed by atoms with Crippen LogP contribution in [-0.4, -0.2) is 12.0 Å². The summed E-state index contributed by atoms with van der Waals surface area (Å²) in [5.41, 5.74) is 4.51. The van der Waals surface area contributed by atoms with Crippen LogP contribution in [-0.2, 0) is 22.7 Å². The number of hydrogen-bond donors (Lipinski definition) is 1. The van der Waals surface area contributed by atoms with Crippen LogP contribution in [0.2, 0.25) is 0 Å². The molecule has 0 saturated heterocycles. The van der Waals surface area contributed by atoms with Gasteiger partial charge in [0.05, 0.1) is 0 Å². The van der Waals surface area contributed by atoms with Crippen molar-refractivity contribution in [3.8, 4) is 11.1 Å². The number of rotatable bonds is 7. The fourth-order valence-corrected chi connectivity index (χ4v) is 2.65. The summed E-state index contributed by atoms with van der Waals surface area (Å²) in [7, 11) is 0. The van der Waals surface area contributed by atoms with Gasteiger partial charge in [-0.3, -0.25) is 4.79 Å². The summed E-state index contributed by atoms with van der Waals surface area (Å²) < 4.78 is 5.35. The van der Waals surface area contributed by atoms with Crippen LogP contribution in [0.1, 0.15) is 18.1 Å². The Balaban J connectivity index is 1.48. The van der Waals surface area contributed by atoms with Crippen molar-refractivity contribution in [3.63, 3.8) is 0 Å². The first kappa shape index (κ1) is 17.9. The molecule has 26 heavy (non-hydrogen) atoms. The van der Waals surface area contributed by atoms with Gasteiger partial charge in [-0.05, 0) is 29.2 Å². The van der Waals surface area contributed by atoms with Crippen LogP contribution in [0.15, 0.2) is 84.9 Å². The Morgan fingerprint density at radius 1 is 0.808 bits per heavy atom. The number of nitrogens with one attached hydrogen (secondary N) is 1. The molecule has 0 aliphatic carbocycles. The molecule has 0 spiro atoms. The van der Waals surface area contributed by atoms with Gasteiger partial charge in [-0.2, -0.15) is 0 Å². The van der Waals surface area contributed by atoms with Gasteiger partial charge in [-0.1, -0.05) is 84.9 Å². The predicted molar refractivity (Wildman–Crippen MR) is 104 cm³/mol. The molecule has 132 valence electrons. The molecule has 1 unspecified atom stereocenters. The van der Waals surface area contributed by atoms with Gasteiger partial charge in [0.15, 0.2) is 0 Å². The van der Waals surface area contributed by atoms with E-state index in [1.54, 1.807) is 0 Å². The lowest BCUT2D eigenvalue weighted by Crippen LogP contribution is -2.34. The van der Waals surface area contributed by atoms with Gasteiger partial charge in [0, 0.05) is 6.54 Å². The molecule has 0 fully saturated rings. The predicted octanol–water partition coefficient (Wildman–Crippen LogP) is 4.58. The quantitative estimate of drug-likeness (QED) is 0.637. The minimum atomic E-state index is -0.354. The van der Waals surface area contributed by atoms with E-state index < -0.39 is 0 Å². The molecule has 0 radical (unpaired) electrons. The highest BCUT2D eigenvalue weighted by Crippen LogP contribution is 2.19. The first-order valence-electron chi connectivity index (χ1n) is 8.81. The Morgan fingerprint density at radius 3 is 2.04 bits per heavy atom. The van der Waals surface area contributed by atoms with E-state index in [0.29, 0.717) is 13.2 Å². The van der Waals surface area contributed by atoms with Crippen molar-refractivity contribution in [2.45, 2.75) is 26.1 Å². The lowest BCUT2D eigenvalue weighted by atomic mass is 10.0. The monoisotopic (exact) mass is 345 g/mol. The second-order valence-electron chi connectivity index (χ2n) is 6.26. The van der Waals surface area contributed by atoms with Crippen LogP contribution in [0.25, 0.3) is 11.1 Å². The van der Waals surface area contributed by atoms with Crippen molar-refractivity contribution >= 4 is 5.97 Å². The third kappa shape index (κ3) is 5.04. The molecule has 0 heterocycles. The van der Waals surface area contributed by atoms with Gasteiger partial charge in [0.1, 0.15) is 12.6 Å². The lowest BCUT2D eigenvalue weighted by molar-refractivity contribution is -0.147. The average Bonchev–Trinajstić information content (AvgIpc) is 2.72.